The van der Waals surface area contributed by atoms with Crippen molar-refractivity contribution in [3.05, 3.63) is 68.0 Å². The maximum Gasteiger partial charge on any atom is 0.274 e. The lowest BCUT2D eigenvalue weighted by molar-refractivity contribution is -0.385. The molecule has 0 saturated carbocycles. The zero-order valence-electron chi connectivity index (χ0n) is 12.7. The van der Waals surface area contributed by atoms with Crippen LogP contribution in [0, 0.1) is 17.0 Å². The van der Waals surface area contributed by atoms with Crippen molar-refractivity contribution in [3.8, 4) is 9.88 Å². The van der Waals surface area contributed by atoms with Gasteiger partial charge in [0.15, 0.2) is 0 Å². The molecule has 0 unspecified atom stereocenters. The Labute approximate surface area is 146 Å². The molecule has 2 heterocycles. The first-order chi connectivity index (χ1) is 11.6. The van der Waals surface area contributed by atoms with Crippen LogP contribution in [0.1, 0.15) is 20.9 Å². The van der Waals surface area contributed by atoms with E-state index in [-0.39, 0.29) is 18.1 Å². The molecule has 1 amide bonds. The van der Waals surface area contributed by atoms with Gasteiger partial charge in [-0.05, 0) is 18.4 Å². The van der Waals surface area contributed by atoms with Crippen molar-refractivity contribution in [1.29, 1.82) is 0 Å². The number of thiazole rings is 1. The first-order valence-electron chi connectivity index (χ1n) is 7.08. The highest BCUT2D eigenvalue weighted by atomic mass is 32.1. The van der Waals surface area contributed by atoms with Gasteiger partial charge in [-0.3, -0.25) is 14.9 Å². The molecule has 6 nitrogen and oxygen atoms in total. The van der Waals surface area contributed by atoms with E-state index in [1.54, 1.807) is 36.5 Å². The van der Waals surface area contributed by atoms with Gasteiger partial charge in [0.05, 0.1) is 15.5 Å². The van der Waals surface area contributed by atoms with Crippen LogP contribution in [-0.2, 0) is 6.54 Å². The van der Waals surface area contributed by atoms with E-state index in [1.807, 2.05) is 17.5 Å². The van der Waals surface area contributed by atoms with Crippen molar-refractivity contribution in [2.24, 2.45) is 0 Å². The molecule has 3 rings (SSSR count). The molecular weight excluding hydrogens is 346 g/mol. The van der Waals surface area contributed by atoms with E-state index in [0.29, 0.717) is 16.1 Å². The molecule has 3 aromatic rings. The summed E-state index contributed by atoms with van der Waals surface area (Å²) < 4.78 is 0. The summed E-state index contributed by atoms with van der Waals surface area (Å²) in [5.74, 6) is -0.272. The van der Waals surface area contributed by atoms with Gasteiger partial charge in [-0.2, -0.15) is 0 Å². The molecule has 0 spiro atoms. The second-order valence-electron chi connectivity index (χ2n) is 4.98. The monoisotopic (exact) mass is 359 g/mol. The second kappa shape index (κ2) is 6.90. The molecule has 0 aliphatic carbocycles. The average molecular weight is 359 g/mol. The van der Waals surface area contributed by atoms with E-state index < -0.39 is 4.92 Å². The SMILES string of the molecule is Cc1nc(-c2cccs2)sc1C(=O)NCc1ccccc1[N+](=O)[O-]. The number of hydrogen-bond acceptors (Lipinski definition) is 6. The summed E-state index contributed by atoms with van der Waals surface area (Å²) in [5, 5.41) is 16.5. The van der Waals surface area contributed by atoms with Gasteiger partial charge >= 0.3 is 0 Å². The van der Waals surface area contributed by atoms with Gasteiger partial charge in [-0.25, -0.2) is 4.98 Å². The first kappa shape index (κ1) is 16.3. The van der Waals surface area contributed by atoms with E-state index in [4.69, 9.17) is 0 Å². The Kier molecular flexibility index (Phi) is 4.68. The summed E-state index contributed by atoms with van der Waals surface area (Å²) in [6.07, 6.45) is 0. The highest BCUT2D eigenvalue weighted by molar-refractivity contribution is 7.22. The summed E-state index contributed by atoms with van der Waals surface area (Å²) in [5.41, 5.74) is 1.12. The Morgan fingerprint density at radius 1 is 1.29 bits per heavy atom. The zero-order chi connectivity index (χ0) is 17.1. The largest absolute Gasteiger partial charge is 0.347 e. The third-order valence-corrected chi connectivity index (χ3v) is 5.56. The normalized spacial score (nSPS) is 10.5. The number of aryl methyl sites for hydroxylation is 1. The van der Waals surface area contributed by atoms with Crippen molar-refractivity contribution in [1.82, 2.24) is 10.3 Å². The fraction of sp³-hybridized carbons (Fsp3) is 0.125. The molecule has 8 heteroatoms. The fourth-order valence-electron chi connectivity index (χ4n) is 2.21. The molecule has 0 fully saturated rings. The number of benzene rings is 1. The van der Waals surface area contributed by atoms with Crippen molar-refractivity contribution in [3.63, 3.8) is 0 Å². The zero-order valence-corrected chi connectivity index (χ0v) is 14.3. The molecular formula is C16H13N3O3S2. The summed E-state index contributed by atoms with van der Waals surface area (Å²) >= 11 is 2.89. The topological polar surface area (TPSA) is 85.1 Å². The summed E-state index contributed by atoms with van der Waals surface area (Å²) in [6.45, 7) is 1.88. The number of rotatable bonds is 5. The van der Waals surface area contributed by atoms with Crippen LogP contribution in [0.3, 0.4) is 0 Å². The number of amides is 1. The van der Waals surface area contributed by atoms with Crippen molar-refractivity contribution < 1.29 is 9.72 Å². The lowest BCUT2D eigenvalue weighted by Crippen LogP contribution is -2.23. The van der Waals surface area contributed by atoms with Gasteiger partial charge < -0.3 is 5.32 Å². The molecule has 2 aromatic heterocycles. The highest BCUT2D eigenvalue weighted by Crippen LogP contribution is 2.31. The Hall–Kier alpha value is -2.58. The quantitative estimate of drug-likeness (QED) is 0.551. The average Bonchev–Trinajstić information content (AvgIpc) is 3.22. The summed E-state index contributed by atoms with van der Waals surface area (Å²) in [6, 6.07) is 10.3. The van der Waals surface area contributed by atoms with Crippen molar-refractivity contribution in [2.75, 3.05) is 0 Å². The Balaban J connectivity index is 1.76. The van der Waals surface area contributed by atoms with E-state index >= 15 is 0 Å². The second-order valence-corrected chi connectivity index (χ2v) is 6.93. The number of para-hydroxylation sites is 1. The van der Waals surface area contributed by atoms with Crippen LogP contribution < -0.4 is 5.32 Å². The van der Waals surface area contributed by atoms with Crippen LogP contribution in [-0.4, -0.2) is 15.8 Å². The Morgan fingerprint density at radius 3 is 2.79 bits per heavy atom. The number of aromatic nitrogens is 1. The fourth-order valence-corrected chi connectivity index (χ4v) is 3.99. The number of thiophene rings is 1. The molecule has 0 radical (unpaired) electrons. The number of hydrogen-bond donors (Lipinski definition) is 1. The van der Waals surface area contributed by atoms with Gasteiger partial charge in [0.2, 0.25) is 0 Å². The van der Waals surface area contributed by atoms with E-state index in [1.165, 1.54) is 17.4 Å². The van der Waals surface area contributed by atoms with Crippen molar-refractivity contribution in [2.45, 2.75) is 13.5 Å². The Bertz CT molecular complexity index is 888. The highest BCUT2D eigenvalue weighted by Gasteiger charge is 2.18. The predicted molar refractivity (Wildman–Crippen MR) is 94.4 cm³/mol. The van der Waals surface area contributed by atoms with Crippen LogP contribution in [0.15, 0.2) is 41.8 Å². The maximum atomic E-state index is 12.4. The van der Waals surface area contributed by atoms with Crippen molar-refractivity contribution >= 4 is 34.3 Å². The third-order valence-electron chi connectivity index (χ3n) is 3.36. The lowest BCUT2D eigenvalue weighted by Gasteiger charge is -2.05. The number of nitrogens with zero attached hydrogens (tertiary/aromatic N) is 2. The van der Waals surface area contributed by atoms with E-state index in [2.05, 4.69) is 10.3 Å². The molecule has 1 N–H and O–H groups in total. The number of carbonyl (C=O) groups excluding carboxylic acids is 1. The van der Waals surface area contributed by atoms with Gasteiger partial charge in [0.25, 0.3) is 11.6 Å². The van der Waals surface area contributed by atoms with Crippen LogP contribution in [0.4, 0.5) is 5.69 Å². The van der Waals surface area contributed by atoms with Crippen LogP contribution >= 0.6 is 22.7 Å². The van der Waals surface area contributed by atoms with Gasteiger partial charge in [0, 0.05) is 18.2 Å². The third kappa shape index (κ3) is 3.34. The summed E-state index contributed by atoms with van der Waals surface area (Å²) in [4.78, 5) is 28.9. The maximum absolute atomic E-state index is 12.4. The molecule has 0 bridgehead atoms. The molecule has 24 heavy (non-hydrogen) atoms. The van der Waals surface area contributed by atoms with Crippen LogP contribution in [0.2, 0.25) is 0 Å². The summed E-state index contributed by atoms with van der Waals surface area (Å²) in [7, 11) is 0. The predicted octanol–water partition coefficient (Wildman–Crippen LogP) is 4.02. The molecule has 0 aliphatic rings. The first-order valence-corrected chi connectivity index (χ1v) is 8.77. The van der Waals surface area contributed by atoms with Gasteiger partial charge in [0.1, 0.15) is 9.88 Å². The standard InChI is InChI=1S/C16H13N3O3S2/c1-10-14(24-16(18-10)13-7-4-8-23-13)15(20)17-9-11-5-2-3-6-12(11)19(21)22/h2-8H,9H2,1H3,(H,17,20). The number of carbonyl (C=O) groups is 1. The number of nitro benzene ring substituents is 1. The minimum absolute atomic E-state index is 0.00176. The van der Waals surface area contributed by atoms with Gasteiger partial charge in [-0.15, -0.1) is 22.7 Å². The van der Waals surface area contributed by atoms with Gasteiger partial charge in [-0.1, -0.05) is 24.3 Å². The van der Waals surface area contributed by atoms with E-state index in [0.717, 1.165) is 9.88 Å². The lowest BCUT2D eigenvalue weighted by atomic mass is 10.2. The molecule has 0 saturated heterocycles. The minimum atomic E-state index is -0.450. The minimum Gasteiger partial charge on any atom is -0.347 e. The molecule has 0 atom stereocenters. The molecule has 1 aromatic carbocycles. The molecule has 122 valence electrons. The molecule has 0 aliphatic heterocycles. The van der Waals surface area contributed by atoms with E-state index in [9.17, 15) is 14.9 Å². The Morgan fingerprint density at radius 2 is 2.08 bits per heavy atom. The number of nitrogens with one attached hydrogen (secondary N) is 1. The smallest absolute Gasteiger partial charge is 0.274 e. The van der Waals surface area contributed by atoms with Crippen LogP contribution in [0.25, 0.3) is 9.88 Å². The van der Waals surface area contributed by atoms with Crippen LogP contribution in [0.5, 0.6) is 0 Å². The number of nitro groups is 1.